The van der Waals surface area contributed by atoms with E-state index in [4.69, 9.17) is 0 Å². The quantitative estimate of drug-likeness (QED) is 0.645. The maximum absolute atomic E-state index is 11.2. The van der Waals surface area contributed by atoms with Crippen molar-refractivity contribution in [2.24, 2.45) is 0 Å². The first-order chi connectivity index (χ1) is 5.20. The van der Waals surface area contributed by atoms with Crippen molar-refractivity contribution in [1.29, 1.82) is 0 Å². The molecule has 1 saturated heterocycles. The molecule has 0 radical (unpaired) electrons. The van der Waals surface area contributed by atoms with Gasteiger partial charge in [-0.15, -0.1) is 11.8 Å². The Balaban J connectivity index is 2.24. The monoisotopic (exact) mass is 174 g/mol. The van der Waals surface area contributed by atoms with Crippen molar-refractivity contribution in [2.45, 2.75) is 11.8 Å². The van der Waals surface area contributed by atoms with E-state index in [1.54, 1.807) is 19.0 Å². The minimum atomic E-state index is 0.205. The van der Waals surface area contributed by atoms with Gasteiger partial charge in [-0.2, -0.15) is 0 Å². The normalized spacial score (nSPS) is 23.6. The highest BCUT2D eigenvalue weighted by molar-refractivity contribution is 8.00. The SMILES string of the molecule is CN(C)C(=O)CC1NCCS1. The molecule has 1 heterocycles. The number of hydrogen-bond acceptors (Lipinski definition) is 3. The fraction of sp³-hybridized carbons (Fsp3) is 0.857. The molecule has 1 N–H and O–H groups in total. The second kappa shape index (κ2) is 3.97. The molecule has 0 spiro atoms. The van der Waals surface area contributed by atoms with E-state index >= 15 is 0 Å². The van der Waals surface area contributed by atoms with Gasteiger partial charge in [0.2, 0.25) is 5.91 Å². The largest absolute Gasteiger partial charge is 0.349 e. The standard InChI is InChI=1S/C7H14N2OS/c1-9(2)7(10)5-6-8-3-4-11-6/h6,8H,3-5H2,1-2H3. The van der Waals surface area contributed by atoms with Gasteiger partial charge in [0, 0.05) is 26.4 Å². The summed E-state index contributed by atoms with van der Waals surface area (Å²) >= 11 is 1.83. The molecule has 64 valence electrons. The summed E-state index contributed by atoms with van der Waals surface area (Å²) < 4.78 is 0. The third kappa shape index (κ3) is 2.71. The van der Waals surface area contributed by atoms with Crippen LogP contribution < -0.4 is 5.32 Å². The predicted molar refractivity (Wildman–Crippen MR) is 47.6 cm³/mol. The molecule has 1 rings (SSSR count). The lowest BCUT2D eigenvalue weighted by atomic mass is 10.4. The van der Waals surface area contributed by atoms with Gasteiger partial charge in [-0.3, -0.25) is 4.79 Å². The van der Waals surface area contributed by atoms with Crippen molar-refractivity contribution in [2.75, 3.05) is 26.4 Å². The molecular formula is C7H14N2OS. The number of nitrogens with zero attached hydrogens (tertiary/aromatic N) is 1. The van der Waals surface area contributed by atoms with Crippen LogP contribution in [-0.2, 0) is 4.79 Å². The molecule has 0 saturated carbocycles. The van der Waals surface area contributed by atoms with Crippen LogP contribution in [0.2, 0.25) is 0 Å². The molecule has 1 unspecified atom stereocenters. The lowest BCUT2D eigenvalue weighted by Gasteiger charge is -2.13. The Bertz CT molecular complexity index is 143. The topological polar surface area (TPSA) is 32.3 Å². The van der Waals surface area contributed by atoms with Gasteiger partial charge in [0.25, 0.3) is 0 Å². The molecule has 3 nitrogen and oxygen atoms in total. The minimum Gasteiger partial charge on any atom is -0.349 e. The highest BCUT2D eigenvalue weighted by Crippen LogP contribution is 2.16. The first kappa shape index (κ1) is 8.87. The lowest BCUT2D eigenvalue weighted by Crippen LogP contribution is -2.29. The molecule has 0 aromatic carbocycles. The molecule has 0 aliphatic carbocycles. The number of thioether (sulfide) groups is 1. The summed E-state index contributed by atoms with van der Waals surface area (Å²) in [5, 5.41) is 3.61. The summed E-state index contributed by atoms with van der Waals surface area (Å²) in [6.07, 6.45) is 0.623. The maximum atomic E-state index is 11.2. The van der Waals surface area contributed by atoms with Gasteiger partial charge in [-0.25, -0.2) is 0 Å². The van der Waals surface area contributed by atoms with Crippen LogP contribution in [0.5, 0.6) is 0 Å². The summed E-state index contributed by atoms with van der Waals surface area (Å²) in [5.74, 6) is 1.34. The number of amides is 1. The van der Waals surface area contributed by atoms with Crippen LogP contribution in [0.15, 0.2) is 0 Å². The van der Waals surface area contributed by atoms with Crippen molar-refractivity contribution >= 4 is 17.7 Å². The number of rotatable bonds is 2. The van der Waals surface area contributed by atoms with Gasteiger partial charge in [0.15, 0.2) is 0 Å². The lowest BCUT2D eigenvalue weighted by molar-refractivity contribution is -0.128. The smallest absolute Gasteiger partial charge is 0.224 e. The van der Waals surface area contributed by atoms with Crippen LogP contribution in [0.25, 0.3) is 0 Å². The van der Waals surface area contributed by atoms with E-state index < -0.39 is 0 Å². The molecule has 1 amide bonds. The Hall–Kier alpha value is -0.220. The second-order valence-electron chi connectivity index (χ2n) is 2.81. The van der Waals surface area contributed by atoms with E-state index in [0.29, 0.717) is 11.8 Å². The van der Waals surface area contributed by atoms with E-state index in [2.05, 4.69) is 5.32 Å². The Morgan fingerprint density at radius 3 is 2.91 bits per heavy atom. The van der Waals surface area contributed by atoms with E-state index in [-0.39, 0.29) is 5.91 Å². The minimum absolute atomic E-state index is 0.205. The fourth-order valence-corrected chi connectivity index (χ4v) is 1.97. The average Bonchev–Trinajstić information content (AvgIpc) is 2.39. The number of carbonyl (C=O) groups excluding carboxylic acids is 1. The van der Waals surface area contributed by atoms with Gasteiger partial charge >= 0.3 is 0 Å². The maximum Gasteiger partial charge on any atom is 0.224 e. The Morgan fingerprint density at radius 2 is 2.45 bits per heavy atom. The molecule has 1 aliphatic rings. The van der Waals surface area contributed by atoms with Crippen molar-refractivity contribution < 1.29 is 4.79 Å². The molecule has 1 atom stereocenters. The zero-order valence-corrected chi connectivity index (χ0v) is 7.78. The first-order valence-corrected chi connectivity index (χ1v) is 4.80. The highest BCUT2D eigenvalue weighted by Gasteiger charge is 2.18. The summed E-state index contributed by atoms with van der Waals surface area (Å²) in [5.41, 5.74) is 0. The molecule has 1 fully saturated rings. The third-order valence-electron chi connectivity index (χ3n) is 1.65. The van der Waals surface area contributed by atoms with Crippen LogP contribution in [0.3, 0.4) is 0 Å². The van der Waals surface area contributed by atoms with Gasteiger partial charge in [0.1, 0.15) is 0 Å². The predicted octanol–water partition coefficient (Wildman–Crippen LogP) is 0.127. The van der Waals surface area contributed by atoms with Crippen LogP contribution in [0.4, 0.5) is 0 Å². The van der Waals surface area contributed by atoms with Crippen molar-refractivity contribution in [3.63, 3.8) is 0 Å². The van der Waals surface area contributed by atoms with E-state index in [0.717, 1.165) is 12.3 Å². The van der Waals surface area contributed by atoms with Gasteiger partial charge in [0.05, 0.1) is 11.8 Å². The highest BCUT2D eigenvalue weighted by atomic mass is 32.2. The number of carbonyl (C=O) groups is 1. The molecule has 0 aromatic rings. The Morgan fingerprint density at radius 1 is 1.73 bits per heavy atom. The Kier molecular flexibility index (Phi) is 3.20. The molecule has 0 bridgehead atoms. The van der Waals surface area contributed by atoms with Crippen LogP contribution >= 0.6 is 11.8 Å². The molecule has 4 heteroatoms. The van der Waals surface area contributed by atoms with Crippen molar-refractivity contribution in [1.82, 2.24) is 10.2 Å². The molecular weight excluding hydrogens is 160 g/mol. The van der Waals surface area contributed by atoms with Gasteiger partial charge < -0.3 is 10.2 Å². The Labute approximate surface area is 71.5 Å². The van der Waals surface area contributed by atoms with Crippen LogP contribution in [0, 0.1) is 0 Å². The summed E-state index contributed by atoms with van der Waals surface area (Å²) in [4.78, 5) is 12.8. The third-order valence-corrected chi connectivity index (χ3v) is 2.83. The summed E-state index contributed by atoms with van der Waals surface area (Å²) in [7, 11) is 3.59. The number of nitrogens with one attached hydrogen (secondary N) is 1. The van der Waals surface area contributed by atoms with Crippen LogP contribution in [0.1, 0.15) is 6.42 Å². The fourth-order valence-electron chi connectivity index (χ4n) is 0.952. The van der Waals surface area contributed by atoms with Gasteiger partial charge in [-0.1, -0.05) is 0 Å². The average molecular weight is 174 g/mol. The zero-order valence-electron chi connectivity index (χ0n) is 6.96. The molecule has 0 aromatic heterocycles. The summed E-state index contributed by atoms with van der Waals surface area (Å²) in [6, 6.07) is 0. The number of hydrogen-bond donors (Lipinski definition) is 1. The molecule has 11 heavy (non-hydrogen) atoms. The summed E-state index contributed by atoms with van der Waals surface area (Å²) in [6.45, 7) is 1.04. The molecule has 1 aliphatic heterocycles. The van der Waals surface area contributed by atoms with Crippen LogP contribution in [-0.4, -0.2) is 42.6 Å². The zero-order chi connectivity index (χ0) is 8.27. The first-order valence-electron chi connectivity index (χ1n) is 3.75. The van der Waals surface area contributed by atoms with Crippen molar-refractivity contribution in [3.05, 3.63) is 0 Å². The van der Waals surface area contributed by atoms with Crippen molar-refractivity contribution in [3.8, 4) is 0 Å². The van der Waals surface area contributed by atoms with Gasteiger partial charge in [-0.05, 0) is 0 Å². The second-order valence-corrected chi connectivity index (χ2v) is 4.12. The van der Waals surface area contributed by atoms with E-state index in [1.165, 1.54) is 0 Å². The van der Waals surface area contributed by atoms with E-state index in [9.17, 15) is 4.79 Å². The van der Waals surface area contributed by atoms with E-state index in [1.807, 2.05) is 11.8 Å².